The zero-order valence-electron chi connectivity index (χ0n) is 20.0. The van der Waals surface area contributed by atoms with Crippen molar-refractivity contribution in [1.82, 2.24) is 4.90 Å². The summed E-state index contributed by atoms with van der Waals surface area (Å²) in [5.41, 5.74) is 8.94. The predicted molar refractivity (Wildman–Crippen MR) is 126 cm³/mol. The molecule has 1 amide bonds. The van der Waals surface area contributed by atoms with Gasteiger partial charge in [0.2, 0.25) is 5.78 Å². The molecule has 0 aromatic heterocycles. The number of benzene rings is 1. The molecule has 35 heavy (non-hydrogen) atoms. The normalized spacial score (nSPS) is 28.1. The Bertz CT molecular complexity index is 1230. The Labute approximate surface area is 201 Å². The number of primary amides is 1. The number of phenolic OH excluding ortho intramolecular Hbond substituents is 1. The Kier molecular flexibility index (Phi) is 5.70. The van der Waals surface area contributed by atoms with Gasteiger partial charge in [0, 0.05) is 43.4 Å². The summed E-state index contributed by atoms with van der Waals surface area (Å²) in [5, 5.41) is 44.5. The van der Waals surface area contributed by atoms with E-state index in [0.717, 1.165) is 0 Å². The minimum Gasteiger partial charge on any atom is -0.510 e. The number of allylic oxidation sites excluding steroid dienone is 1. The average molecular weight is 487 g/mol. The van der Waals surface area contributed by atoms with Crippen LogP contribution in [0.1, 0.15) is 27.9 Å². The molecule has 188 valence electrons. The number of anilines is 1. The number of hydrogen-bond acceptors (Lipinski definition) is 10. The lowest BCUT2D eigenvalue weighted by Crippen LogP contribution is -2.63. The number of rotatable bonds is 4. The molecule has 3 aliphatic rings. The molecule has 0 heterocycles. The van der Waals surface area contributed by atoms with E-state index >= 15 is 0 Å². The second-order valence-electron chi connectivity index (χ2n) is 9.82. The van der Waals surface area contributed by atoms with E-state index < -0.39 is 58.0 Å². The van der Waals surface area contributed by atoms with Gasteiger partial charge in [-0.2, -0.15) is 0 Å². The van der Waals surface area contributed by atoms with Crippen molar-refractivity contribution in [1.29, 1.82) is 0 Å². The summed E-state index contributed by atoms with van der Waals surface area (Å²) in [7, 11) is 6.75. The number of nitrogens with two attached hydrogens (primary N) is 2. The van der Waals surface area contributed by atoms with Crippen LogP contribution >= 0.6 is 0 Å². The van der Waals surface area contributed by atoms with E-state index in [2.05, 4.69) is 0 Å². The second kappa shape index (κ2) is 8.08. The third kappa shape index (κ3) is 3.19. The standard InChI is InChI=1S/C24H30N4O7/c1-27(2)13-7-10(8-25)18(29)15-11(13)5-9-6-12-17(28(3)4)20(31)16(23(26)34)22(33)24(12,35)21(32)14(9)19(15)30/h7,9,12,17,29,31-32,35H,5-6,8,25H2,1-4H3,(H2,26,34). The largest absolute Gasteiger partial charge is 0.510 e. The molecule has 4 unspecified atom stereocenters. The first-order valence-corrected chi connectivity index (χ1v) is 11.2. The van der Waals surface area contributed by atoms with Crippen LogP contribution in [-0.4, -0.2) is 82.6 Å². The fourth-order valence-corrected chi connectivity index (χ4v) is 5.91. The van der Waals surface area contributed by atoms with Crippen molar-refractivity contribution < 1.29 is 34.8 Å². The number of hydrogen-bond donors (Lipinski definition) is 6. The average Bonchev–Trinajstić information content (AvgIpc) is 2.75. The molecule has 11 nitrogen and oxygen atoms in total. The molecule has 4 rings (SSSR count). The molecule has 0 bridgehead atoms. The van der Waals surface area contributed by atoms with Crippen molar-refractivity contribution in [3.05, 3.63) is 45.4 Å². The first kappa shape index (κ1) is 24.7. The molecule has 1 aromatic rings. The second-order valence-corrected chi connectivity index (χ2v) is 9.82. The molecule has 8 N–H and O–H groups in total. The van der Waals surface area contributed by atoms with Crippen LogP contribution in [0, 0.1) is 11.8 Å². The van der Waals surface area contributed by atoms with Gasteiger partial charge in [0.15, 0.2) is 11.4 Å². The number of Topliss-reactive ketones (excluding diaryl/α,β-unsaturated/α-hetero) is 2. The summed E-state index contributed by atoms with van der Waals surface area (Å²) in [5.74, 6) is -6.74. The van der Waals surface area contributed by atoms with Crippen LogP contribution in [0.4, 0.5) is 5.69 Å². The highest BCUT2D eigenvalue weighted by Crippen LogP contribution is 2.53. The van der Waals surface area contributed by atoms with Gasteiger partial charge in [-0.25, -0.2) is 0 Å². The minimum atomic E-state index is -2.66. The van der Waals surface area contributed by atoms with E-state index in [1.807, 2.05) is 0 Å². The highest BCUT2D eigenvalue weighted by Gasteiger charge is 2.63. The SMILES string of the molecule is CN(C)c1cc(CN)c(O)c2c1CC1CC3C(N(C)C)C(O)=C(C(N)=O)C(=O)C3(O)C(O)=C1C2=O. The molecule has 3 aliphatic carbocycles. The van der Waals surface area contributed by atoms with Gasteiger partial charge in [-0.3, -0.25) is 19.3 Å². The van der Waals surface area contributed by atoms with Gasteiger partial charge in [0.1, 0.15) is 22.8 Å². The van der Waals surface area contributed by atoms with Gasteiger partial charge >= 0.3 is 0 Å². The maximum Gasteiger partial charge on any atom is 0.255 e. The van der Waals surface area contributed by atoms with Crippen molar-refractivity contribution in [2.24, 2.45) is 23.3 Å². The van der Waals surface area contributed by atoms with E-state index in [1.165, 1.54) is 4.90 Å². The number of aliphatic hydroxyl groups excluding tert-OH is 2. The third-order valence-electron chi connectivity index (χ3n) is 7.48. The number of likely N-dealkylation sites (N-methyl/N-ethyl adjacent to an activating group) is 1. The van der Waals surface area contributed by atoms with Crippen molar-refractivity contribution in [3.8, 4) is 5.75 Å². The number of carbonyl (C=O) groups excluding carboxylic acids is 3. The number of ketones is 2. The van der Waals surface area contributed by atoms with Crippen LogP contribution in [0.25, 0.3) is 0 Å². The lowest BCUT2D eigenvalue weighted by atomic mass is 9.58. The number of phenols is 1. The van der Waals surface area contributed by atoms with Crippen LogP contribution in [0.15, 0.2) is 28.7 Å². The Morgan fingerprint density at radius 3 is 2.31 bits per heavy atom. The Morgan fingerprint density at radius 1 is 1.17 bits per heavy atom. The number of aromatic hydroxyl groups is 1. The van der Waals surface area contributed by atoms with Crippen LogP contribution in [0.5, 0.6) is 5.75 Å². The molecule has 1 aromatic carbocycles. The molecular formula is C24H30N4O7. The van der Waals surface area contributed by atoms with Crippen molar-refractivity contribution in [2.45, 2.75) is 31.0 Å². The summed E-state index contributed by atoms with van der Waals surface area (Å²) in [4.78, 5) is 42.3. The molecule has 0 radical (unpaired) electrons. The Balaban J connectivity index is 2.00. The van der Waals surface area contributed by atoms with Crippen molar-refractivity contribution in [2.75, 3.05) is 33.1 Å². The van der Waals surface area contributed by atoms with Gasteiger partial charge in [-0.15, -0.1) is 0 Å². The van der Waals surface area contributed by atoms with Gasteiger partial charge in [0.05, 0.1) is 11.6 Å². The van der Waals surface area contributed by atoms with Gasteiger partial charge in [-0.1, -0.05) is 0 Å². The zero-order valence-corrected chi connectivity index (χ0v) is 20.0. The molecule has 0 saturated carbocycles. The van der Waals surface area contributed by atoms with E-state index in [4.69, 9.17) is 11.5 Å². The van der Waals surface area contributed by atoms with Gasteiger partial charge in [-0.05, 0) is 44.5 Å². The van der Waals surface area contributed by atoms with Crippen LogP contribution in [0.2, 0.25) is 0 Å². The molecule has 11 heteroatoms. The molecular weight excluding hydrogens is 456 g/mol. The summed E-state index contributed by atoms with van der Waals surface area (Å²) < 4.78 is 0. The van der Waals surface area contributed by atoms with E-state index in [-0.39, 0.29) is 36.3 Å². The smallest absolute Gasteiger partial charge is 0.255 e. The number of amides is 1. The third-order valence-corrected chi connectivity index (χ3v) is 7.48. The maximum absolute atomic E-state index is 13.7. The first-order chi connectivity index (χ1) is 16.3. The number of carbonyl (C=O) groups is 3. The quantitative estimate of drug-likeness (QED) is 0.307. The monoisotopic (exact) mass is 486 g/mol. The van der Waals surface area contributed by atoms with Crippen LogP contribution in [-0.2, 0) is 22.6 Å². The van der Waals surface area contributed by atoms with E-state index in [1.54, 1.807) is 39.2 Å². The molecule has 0 saturated heterocycles. The zero-order chi connectivity index (χ0) is 26.1. The Morgan fingerprint density at radius 2 is 1.80 bits per heavy atom. The molecule has 0 fully saturated rings. The fraction of sp³-hybridized carbons (Fsp3) is 0.458. The van der Waals surface area contributed by atoms with Crippen LogP contribution in [0.3, 0.4) is 0 Å². The molecule has 0 spiro atoms. The molecule has 0 aliphatic heterocycles. The number of aliphatic hydroxyl groups is 3. The first-order valence-electron chi connectivity index (χ1n) is 11.2. The summed E-state index contributed by atoms with van der Waals surface area (Å²) in [6, 6.07) is 0.678. The Hall–Kier alpha value is -3.41. The highest BCUT2D eigenvalue weighted by atomic mass is 16.3. The van der Waals surface area contributed by atoms with Crippen LogP contribution < -0.4 is 16.4 Å². The lowest BCUT2D eigenvalue weighted by molar-refractivity contribution is -0.148. The number of nitrogens with zero attached hydrogens (tertiary/aromatic N) is 2. The molecule has 4 atom stereocenters. The van der Waals surface area contributed by atoms with Crippen molar-refractivity contribution >= 4 is 23.2 Å². The van der Waals surface area contributed by atoms with Crippen molar-refractivity contribution in [3.63, 3.8) is 0 Å². The van der Waals surface area contributed by atoms with Gasteiger partial charge < -0.3 is 36.8 Å². The van der Waals surface area contributed by atoms with E-state index in [9.17, 15) is 34.8 Å². The number of fused-ring (bicyclic) bond motifs is 3. The lowest BCUT2D eigenvalue weighted by Gasteiger charge is -2.50. The van der Waals surface area contributed by atoms with E-state index in [0.29, 0.717) is 16.8 Å². The predicted octanol–water partition coefficient (Wildman–Crippen LogP) is -0.355. The summed E-state index contributed by atoms with van der Waals surface area (Å²) >= 11 is 0. The minimum absolute atomic E-state index is 0.0389. The topological polar surface area (TPSA) is 191 Å². The summed E-state index contributed by atoms with van der Waals surface area (Å²) in [6.07, 6.45) is 0.262. The highest BCUT2D eigenvalue weighted by molar-refractivity contribution is 6.24. The summed E-state index contributed by atoms with van der Waals surface area (Å²) in [6.45, 7) is -0.0389. The maximum atomic E-state index is 13.7. The fourth-order valence-electron chi connectivity index (χ4n) is 5.91. The van der Waals surface area contributed by atoms with Gasteiger partial charge in [0.25, 0.3) is 5.91 Å².